The summed E-state index contributed by atoms with van der Waals surface area (Å²) in [4.78, 5) is 23.9. The van der Waals surface area contributed by atoms with Gasteiger partial charge in [0.2, 0.25) is 11.6 Å². The third-order valence-corrected chi connectivity index (χ3v) is 4.42. The lowest BCUT2D eigenvalue weighted by Crippen LogP contribution is -2.46. The molecule has 3 rings (SSSR count). The number of nitrogens with one attached hydrogen (secondary N) is 1. The Labute approximate surface area is 146 Å². The minimum atomic E-state index is -0.405. The molecular weight excluding hydrogens is 320 g/mol. The summed E-state index contributed by atoms with van der Waals surface area (Å²) in [5.41, 5.74) is 1.80. The number of hydrogen-bond acceptors (Lipinski definition) is 7. The van der Waals surface area contributed by atoms with Crippen molar-refractivity contribution in [3.8, 4) is 0 Å². The first-order valence-corrected chi connectivity index (χ1v) is 8.39. The number of piperazine rings is 1. The molecule has 2 heterocycles. The molecule has 0 aliphatic carbocycles. The molecule has 1 aliphatic heterocycles. The summed E-state index contributed by atoms with van der Waals surface area (Å²) in [6.07, 6.45) is 1.38. The van der Waals surface area contributed by atoms with E-state index in [1.165, 1.54) is 6.33 Å². The fourth-order valence-corrected chi connectivity index (χ4v) is 2.91. The number of aryl methyl sites for hydroxylation is 1. The second-order valence-electron chi connectivity index (χ2n) is 6.06. The molecule has 0 saturated carbocycles. The summed E-state index contributed by atoms with van der Waals surface area (Å²) < 4.78 is 0. The van der Waals surface area contributed by atoms with Gasteiger partial charge in [-0.3, -0.25) is 10.1 Å². The van der Waals surface area contributed by atoms with Crippen molar-refractivity contribution in [1.82, 2.24) is 14.9 Å². The molecule has 0 bridgehead atoms. The summed E-state index contributed by atoms with van der Waals surface area (Å²) in [6, 6.07) is 7.64. The Balaban J connectivity index is 1.89. The van der Waals surface area contributed by atoms with Crippen LogP contribution in [0.2, 0.25) is 0 Å². The van der Waals surface area contributed by atoms with Crippen LogP contribution in [0, 0.1) is 17.0 Å². The van der Waals surface area contributed by atoms with Gasteiger partial charge in [0.15, 0.2) is 0 Å². The third kappa shape index (κ3) is 3.85. The first kappa shape index (κ1) is 17.1. The van der Waals surface area contributed by atoms with Gasteiger partial charge in [0.1, 0.15) is 6.33 Å². The molecule has 1 N–H and O–H groups in total. The second kappa shape index (κ2) is 7.43. The maximum atomic E-state index is 11.7. The monoisotopic (exact) mass is 342 g/mol. The van der Waals surface area contributed by atoms with E-state index >= 15 is 0 Å². The molecule has 8 nitrogen and oxygen atoms in total. The molecule has 0 amide bonds. The van der Waals surface area contributed by atoms with Crippen LogP contribution in [0.1, 0.15) is 12.5 Å². The van der Waals surface area contributed by atoms with Crippen LogP contribution < -0.4 is 10.2 Å². The van der Waals surface area contributed by atoms with E-state index in [2.05, 4.69) is 27.1 Å². The molecule has 0 atom stereocenters. The average molecular weight is 342 g/mol. The zero-order valence-corrected chi connectivity index (χ0v) is 14.5. The lowest BCUT2D eigenvalue weighted by Gasteiger charge is -2.34. The van der Waals surface area contributed by atoms with E-state index in [-0.39, 0.29) is 11.5 Å². The van der Waals surface area contributed by atoms with Gasteiger partial charge < -0.3 is 15.1 Å². The lowest BCUT2D eigenvalue weighted by molar-refractivity contribution is -0.383. The van der Waals surface area contributed by atoms with E-state index in [9.17, 15) is 10.1 Å². The first-order valence-electron chi connectivity index (χ1n) is 8.39. The van der Waals surface area contributed by atoms with E-state index in [4.69, 9.17) is 0 Å². The van der Waals surface area contributed by atoms with Crippen LogP contribution >= 0.6 is 0 Å². The summed E-state index contributed by atoms with van der Waals surface area (Å²) in [5, 5.41) is 14.7. The molecule has 1 aromatic heterocycles. The van der Waals surface area contributed by atoms with Crippen molar-refractivity contribution in [3.63, 3.8) is 0 Å². The van der Waals surface area contributed by atoms with Crippen molar-refractivity contribution in [2.24, 2.45) is 0 Å². The van der Waals surface area contributed by atoms with Gasteiger partial charge in [-0.25, -0.2) is 9.97 Å². The second-order valence-corrected chi connectivity index (χ2v) is 6.06. The normalized spacial score (nSPS) is 15.2. The number of anilines is 3. The van der Waals surface area contributed by atoms with Crippen molar-refractivity contribution in [1.29, 1.82) is 0 Å². The van der Waals surface area contributed by atoms with Crippen molar-refractivity contribution in [2.75, 3.05) is 42.9 Å². The summed E-state index contributed by atoms with van der Waals surface area (Å²) in [5.74, 6) is 0.599. The van der Waals surface area contributed by atoms with Crippen LogP contribution in [0.4, 0.5) is 23.0 Å². The highest BCUT2D eigenvalue weighted by Crippen LogP contribution is 2.33. The fraction of sp³-hybridized carbons (Fsp3) is 0.412. The Bertz CT molecular complexity index is 741. The molecule has 132 valence electrons. The summed E-state index contributed by atoms with van der Waals surface area (Å²) in [6.45, 7) is 8.28. The maximum absolute atomic E-state index is 11.7. The molecule has 1 aliphatic rings. The lowest BCUT2D eigenvalue weighted by atomic mass is 10.2. The van der Waals surface area contributed by atoms with E-state index < -0.39 is 4.92 Å². The Morgan fingerprint density at radius 3 is 2.44 bits per heavy atom. The van der Waals surface area contributed by atoms with Gasteiger partial charge in [-0.1, -0.05) is 24.6 Å². The molecule has 1 saturated heterocycles. The highest BCUT2D eigenvalue weighted by molar-refractivity contribution is 5.74. The molecule has 8 heteroatoms. The predicted molar refractivity (Wildman–Crippen MR) is 97.5 cm³/mol. The zero-order chi connectivity index (χ0) is 17.8. The molecule has 0 radical (unpaired) electrons. The van der Waals surface area contributed by atoms with Gasteiger partial charge in [-0.05, 0) is 25.6 Å². The van der Waals surface area contributed by atoms with Crippen LogP contribution in [0.5, 0.6) is 0 Å². The Kier molecular flexibility index (Phi) is 5.08. The Hall–Kier alpha value is -2.74. The molecular formula is C17H22N6O2. The average Bonchev–Trinajstić information content (AvgIpc) is 2.63. The molecule has 2 aromatic rings. The molecule has 0 unspecified atom stereocenters. The van der Waals surface area contributed by atoms with Crippen LogP contribution in [-0.4, -0.2) is 52.5 Å². The third-order valence-electron chi connectivity index (χ3n) is 4.42. The van der Waals surface area contributed by atoms with Gasteiger partial charge in [0, 0.05) is 31.9 Å². The highest BCUT2D eigenvalue weighted by Gasteiger charge is 2.29. The SMILES string of the molecule is CCN1CCN(c2ncnc(Nc3ccc(C)cc3)c2[N+](=O)[O-])CC1. The smallest absolute Gasteiger partial charge is 0.348 e. The van der Waals surface area contributed by atoms with Crippen LogP contribution in [-0.2, 0) is 0 Å². The van der Waals surface area contributed by atoms with Gasteiger partial charge >= 0.3 is 5.69 Å². The standard InChI is InChI=1S/C17H22N6O2/c1-3-21-8-10-22(11-9-21)17-15(23(24)25)16(18-12-19-17)20-14-6-4-13(2)5-7-14/h4-7,12H,3,8-11H2,1-2H3,(H,18,19,20). The summed E-state index contributed by atoms with van der Waals surface area (Å²) >= 11 is 0. The largest absolute Gasteiger partial charge is 0.353 e. The van der Waals surface area contributed by atoms with Crippen molar-refractivity contribution in [3.05, 3.63) is 46.3 Å². The first-order chi connectivity index (χ1) is 12.1. The summed E-state index contributed by atoms with van der Waals surface area (Å²) in [7, 11) is 0. The number of hydrogen-bond donors (Lipinski definition) is 1. The van der Waals surface area contributed by atoms with E-state index in [1.807, 2.05) is 36.1 Å². The van der Waals surface area contributed by atoms with Crippen molar-refractivity contribution >= 4 is 23.0 Å². The highest BCUT2D eigenvalue weighted by atomic mass is 16.6. The van der Waals surface area contributed by atoms with E-state index in [0.717, 1.165) is 44.0 Å². The number of likely N-dealkylation sites (N-methyl/N-ethyl adjacent to an activating group) is 1. The van der Waals surface area contributed by atoms with E-state index in [0.29, 0.717) is 5.82 Å². The van der Waals surface area contributed by atoms with Crippen molar-refractivity contribution in [2.45, 2.75) is 13.8 Å². The minimum Gasteiger partial charge on any atom is -0.348 e. The van der Waals surface area contributed by atoms with Gasteiger partial charge in [0.25, 0.3) is 0 Å². The minimum absolute atomic E-state index is 0.0759. The predicted octanol–water partition coefficient (Wildman–Crippen LogP) is 2.58. The van der Waals surface area contributed by atoms with Crippen LogP contribution in [0.3, 0.4) is 0 Å². The number of nitrogens with zero attached hydrogens (tertiary/aromatic N) is 5. The molecule has 1 fully saturated rings. The number of rotatable bonds is 5. The number of nitro groups is 1. The van der Waals surface area contributed by atoms with Crippen LogP contribution in [0.25, 0.3) is 0 Å². The Morgan fingerprint density at radius 2 is 1.84 bits per heavy atom. The van der Waals surface area contributed by atoms with Gasteiger partial charge in [0.05, 0.1) is 4.92 Å². The molecule has 25 heavy (non-hydrogen) atoms. The van der Waals surface area contributed by atoms with E-state index in [1.54, 1.807) is 0 Å². The zero-order valence-electron chi connectivity index (χ0n) is 14.5. The molecule has 0 spiro atoms. The number of aromatic nitrogens is 2. The fourth-order valence-electron chi connectivity index (χ4n) is 2.91. The maximum Gasteiger partial charge on any atom is 0.353 e. The van der Waals surface area contributed by atoms with Gasteiger partial charge in [-0.15, -0.1) is 0 Å². The number of benzene rings is 1. The molecule has 1 aromatic carbocycles. The quantitative estimate of drug-likeness (QED) is 0.660. The Morgan fingerprint density at radius 1 is 1.16 bits per heavy atom. The van der Waals surface area contributed by atoms with Crippen molar-refractivity contribution < 1.29 is 4.92 Å². The topological polar surface area (TPSA) is 87.4 Å². The van der Waals surface area contributed by atoms with Crippen LogP contribution in [0.15, 0.2) is 30.6 Å². The van der Waals surface area contributed by atoms with Gasteiger partial charge in [-0.2, -0.15) is 0 Å².